The van der Waals surface area contributed by atoms with Crippen LogP contribution in [0.2, 0.25) is 0 Å². The van der Waals surface area contributed by atoms with E-state index in [1.54, 1.807) is 12.1 Å². The second-order valence-electron chi connectivity index (χ2n) is 3.74. The van der Waals surface area contributed by atoms with Crippen LogP contribution in [0, 0.1) is 40.3 Å². The molecule has 2 N–H and O–H groups in total. The molecule has 0 aliphatic heterocycles. The van der Waals surface area contributed by atoms with Gasteiger partial charge in [0, 0.05) is 5.56 Å². The van der Waals surface area contributed by atoms with Crippen LogP contribution in [0.5, 0.6) is 0 Å². The van der Waals surface area contributed by atoms with Gasteiger partial charge in [0.15, 0.2) is 0 Å². The highest BCUT2D eigenvalue weighted by molar-refractivity contribution is 7.89. The first-order valence-electron chi connectivity index (χ1n) is 5.70. The Morgan fingerprint density at radius 1 is 1.24 bits per heavy atom. The molecule has 0 saturated heterocycles. The Bertz CT molecular complexity index is 750. The van der Waals surface area contributed by atoms with Crippen molar-refractivity contribution in [2.24, 2.45) is 5.73 Å². The van der Waals surface area contributed by atoms with Crippen molar-refractivity contribution >= 4 is 10.0 Å². The summed E-state index contributed by atoms with van der Waals surface area (Å²) in [5, 5.41) is 17.3. The van der Waals surface area contributed by atoms with E-state index in [1.165, 1.54) is 0 Å². The summed E-state index contributed by atoms with van der Waals surface area (Å²) < 4.78 is 38.8. The molecule has 1 aromatic carbocycles. The SMILES string of the molecule is N#CCN(CC#N)S(=O)(=O)c1ccc(F)cc1C#CCN. The normalized spacial score (nSPS) is 10.3. The van der Waals surface area contributed by atoms with E-state index in [0.29, 0.717) is 4.31 Å². The average Bonchev–Trinajstić information content (AvgIpc) is 2.44. The maximum Gasteiger partial charge on any atom is 0.246 e. The van der Waals surface area contributed by atoms with Crippen molar-refractivity contribution in [3.8, 4) is 24.0 Å². The van der Waals surface area contributed by atoms with Gasteiger partial charge in [0.2, 0.25) is 10.0 Å². The molecular weight excluding hydrogens is 295 g/mol. The zero-order valence-corrected chi connectivity index (χ0v) is 11.7. The first kappa shape index (κ1) is 16.6. The van der Waals surface area contributed by atoms with Gasteiger partial charge in [-0.15, -0.1) is 0 Å². The van der Waals surface area contributed by atoms with Crippen molar-refractivity contribution in [2.75, 3.05) is 19.6 Å². The van der Waals surface area contributed by atoms with Gasteiger partial charge in [0.05, 0.1) is 23.6 Å². The highest BCUT2D eigenvalue weighted by atomic mass is 32.2. The van der Waals surface area contributed by atoms with Crippen molar-refractivity contribution < 1.29 is 12.8 Å². The van der Waals surface area contributed by atoms with Crippen LogP contribution in [-0.2, 0) is 10.0 Å². The van der Waals surface area contributed by atoms with Crippen molar-refractivity contribution in [3.05, 3.63) is 29.6 Å². The first-order valence-corrected chi connectivity index (χ1v) is 7.14. The predicted molar refractivity (Wildman–Crippen MR) is 72.3 cm³/mol. The van der Waals surface area contributed by atoms with Gasteiger partial charge >= 0.3 is 0 Å². The molecule has 0 atom stereocenters. The van der Waals surface area contributed by atoms with Crippen LogP contribution in [-0.4, -0.2) is 32.4 Å². The Kier molecular flexibility index (Phi) is 5.83. The molecule has 6 nitrogen and oxygen atoms in total. The maximum absolute atomic E-state index is 13.2. The summed E-state index contributed by atoms with van der Waals surface area (Å²) in [6, 6.07) is 6.32. The van der Waals surface area contributed by atoms with Gasteiger partial charge in [-0.05, 0) is 18.2 Å². The summed E-state index contributed by atoms with van der Waals surface area (Å²) in [5.74, 6) is 4.27. The lowest BCUT2D eigenvalue weighted by Gasteiger charge is -2.17. The minimum atomic E-state index is -4.12. The Balaban J connectivity index is 3.44. The van der Waals surface area contributed by atoms with Gasteiger partial charge in [0.25, 0.3) is 0 Å². The molecule has 0 fully saturated rings. The van der Waals surface area contributed by atoms with Crippen molar-refractivity contribution in [1.82, 2.24) is 4.31 Å². The van der Waals surface area contributed by atoms with Crippen LogP contribution in [0.3, 0.4) is 0 Å². The van der Waals surface area contributed by atoms with Crippen LogP contribution in [0.4, 0.5) is 4.39 Å². The maximum atomic E-state index is 13.2. The summed E-state index contributed by atoms with van der Waals surface area (Å²) in [5.41, 5.74) is 5.15. The van der Waals surface area contributed by atoms with E-state index in [4.69, 9.17) is 16.3 Å². The largest absolute Gasteiger partial charge is 0.320 e. The van der Waals surface area contributed by atoms with E-state index in [1.807, 2.05) is 0 Å². The molecule has 0 aromatic heterocycles. The monoisotopic (exact) mass is 306 g/mol. The highest BCUT2D eigenvalue weighted by Gasteiger charge is 2.26. The van der Waals surface area contributed by atoms with Crippen LogP contribution < -0.4 is 5.73 Å². The van der Waals surface area contributed by atoms with Crippen molar-refractivity contribution in [1.29, 1.82) is 10.5 Å². The minimum Gasteiger partial charge on any atom is -0.320 e. The van der Waals surface area contributed by atoms with Crippen LogP contribution in [0.25, 0.3) is 0 Å². The van der Waals surface area contributed by atoms with Crippen molar-refractivity contribution in [3.63, 3.8) is 0 Å². The third-order valence-corrected chi connectivity index (χ3v) is 4.23. The predicted octanol–water partition coefficient (Wildman–Crippen LogP) is 0.174. The molecule has 21 heavy (non-hydrogen) atoms. The fourth-order valence-electron chi connectivity index (χ4n) is 1.49. The van der Waals surface area contributed by atoms with Gasteiger partial charge in [-0.3, -0.25) is 0 Å². The lowest BCUT2D eigenvalue weighted by molar-refractivity contribution is 0.479. The standard InChI is InChI=1S/C13H11FN4O2S/c14-12-3-4-13(11(10-12)2-1-5-15)21(19,20)18(8-6-16)9-7-17/h3-4,10H,5,8-9,15H2. The second kappa shape index (κ2) is 7.37. The molecule has 0 saturated carbocycles. The fourth-order valence-corrected chi connectivity index (χ4v) is 2.86. The summed E-state index contributed by atoms with van der Waals surface area (Å²) in [7, 11) is -4.12. The third-order valence-electron chi connectivity index (χ3n) is 2.38. The molecule has 108 valence electrons. The molecule has 8 heteroatoms. The van der Waals surface area contributed by atoms with Gasteiger partial charge in [-0.1, -0.05) is 11.8 Å². The second-order valence-corrected chi connectivity index (χ2v) is 5.64. The zero-order valence-electron chi connectivity index (χ0n) is 10.9. The summed E-state index contributed by atoms with van der Waals surface area (Å²) in [6.07, 6.45) is 0. The molecule has 1 rings (SSSR count). The number of hydrogen-bond donors (Lipinski definition) is 1. The topological polar surface area (TPSA) is 111 Å². The van der Waals surface area contributed by atoms with Gasteiger partial charge in [-0.2, -0.15) is 14.8 Å². The number of nitrogens with zero attached hydrogens (tertiary/aromatic N) is 3. The summed E-state index contributed by atoms with van der Waals surface area (Å²) in [6.45, 7) is -0.996. The third kappa shape index (κ3) is 4.01. The molecule has 1 aromatic rings. The van der Waals surface area contributed by atoms with Gasteiger partial charge in [-0.25, -0.2) is 12.8 Å². The fraction of sp³-hybridized carbons (Fsp3) is 0.231. The van der Waals surface area contributed by atoms with Crippen LogP contribution >= 0.6 is 0 Å². The molecular formula is C13H11FN4O2S. The Morgan fingerprint density at radius 2 is 1.86 bits per heavy atom. The zero-order chi connectivity index (χ0) is 15.9. The van der Waals surface area contributed by atoms with E-state index in [2.05, 4.69) is 11.8 Å². The molecule has 0 bridgehead atoms. The summed E-state index contributed by atoms with van der Waals surface area (Å²) in [4.78, 5) is -0.268. The smallest absolute Gasteiger partial charge is 0.246 e. The molecule has 0 aliphatic rings. The molecule has 0 spiro atoms. The van der Waals surface area contributed by atoms with E-state index in [9.17, 15) is 12.8 Å². The molecule has 0 heterocycles. The number of nitrogens with two attached hydrogens (primary N) is 1. The van der Waals surface area contributed by atoms with Gasteiger partial charge < -0.3 is 5.73 Å². The quantitative estimate of drug-likeness (QED) is 0.630. The molecule has 0 radical (unpaired) electrons. The molecule has 0 unspecified atom stereocenters. The lowest BCUT2D eigenvalue weighted by atomic mass is 10.2. The van der Waals surface area contributed by atoms with E-state index < -0.39 is 28.9 Å². The van der Waals surface area contributed by atoms with Gasteiger partial charge in [0.1, 0.15) is 18.9 Å². The average molecular weight is 306 g/mol. The van der Waals surface area contributed by atoms with Crippen LogP contribution in [0.1, 0.15) is 5.56 Å². The van der Waals surface area contributed by atoms with E-state index in [-0.39, 0.29) is 17.0 Å². The number of halogens is 1. The molecule has 0 amide bonds. The number of rotatable bonds is 4. The number of benzene rings is 1. The summed E-state index contributed by atoms with van der Waals surface area (Å²) >= 11 is 0. The molecule has 0 aliphatic carbocycles. The number of hydrogen-bond acceptors (Lipinski definition) is 5. The highest BCUT2D eigenvalue weighted by Crippen LogP contribution is 2.20. The lowest BCUT2D eigenvalue weighted by Crippen LogP contribution is -2.32. The number of nitriles is 2. The Hall–Kier alpha value is -2.44. The van der Waals surface area contributed by atoms with E-state index in [0.717, 1.165) is 18.2 Å². The Morgan fingerprint density at radius 3 is 2.38 bits per heavy atom. The first-order chi connectivity index (χ1) is 9.97. The number of sulfonamides is 1. The van der Waals surface area contributed by atoms with Crippen LogP contribution in [0.15, 0.2) is 23.1 Å². The minimum absolute atomic E-state index is 0.0178. The Labute approximate surface area is 122 Å². The van der Waals surface area contributed by atoms with Crippen molar-refractivity contribution in [2.45, 2.75) is 4.90 Å². The van der Waals surface area contributed by atoms with E-state index >= 15 is 0 Å².